The number of hydrogen-bond donors (Lipinski definition) is 0. The standard InChI is InChI=1S/C12H18N2O3/c1-7-5-4-6-12(2)8-9(17-14(7)12)11(16)13(3)10(8)15/h7-9H,4-6H2,1-3H3/t7-,8?,9?,12+/m1/s1. The van der Waals surface area contributed by atoms with Crippen LogP contribution in [-0.2, 0) is 14.4 Å². The molecule has 0 radical (unpaired) electrons. The second-order valence-corrected chi connectivity index (χ2v) is 5.66. The number of likely N-dealkylation sites (tertiary alicyclic amines) is 1. The van der Waals surface area contributed by atoms with Gasteiger partial charge in [0.2, 0.25) is 5.91 Å². The fourth-order valence-corrected chi connectivity index (χ4v) is 3.60. The molecule has 0 N–H and O–H groups in total. The Labute approximate surface area is 101 Å². The van der Waals surface area contributed by atoms with E-state index in [1.807, 2.05) is 5.06 Å². The lowest BCUT2D eigenvalue weighted by atomic mass is 9.76. The molecule has 0 bridgehead atoms. The van der Waals surface area contributed by atoms with Crippen molar-refractivity contribution < 1.29 is 14.4 Å². The van der Waals surface area contributed by atoms with E-state index < -0.39 is 6.10 Å². The highest BCUT2D eigenvalue weighted by Crippen LogP contribution is 2.48. The minimum atomic E-state index is -0.585. The number of amides is 2. The summed E-state index contributed by atoms with van der Waals surface area (Å²) in [5, 5.41) is 1.91. The van der Waals surface area contributed by atoms with Crippen LogP contribution in [-0.4, -0.2) is 46.5 Å². The van der Waals surface area contributed by atoms with Gasteiger partial charge in [-0.1, -0.05) is 0 Å². The molecule has 5 nitrogen and oxygen atoms in total. The van der Waals surface area contributed by atoms with Gasteiger partial charge in [0.15, 0.2) is 6.10 Å². The number of nitrogens with zero attached hydrogens (tertiary/aromatic N) is 2. The Morgan fingerprint density at radius 1 is 1.35 bits per heavy atom. The zero-order valence-electron chi connectivity index (χ0n) is 10.5. The molecule has 3 saturated heterocycles. The molecule has 3 aliphatic heterocycles. The maximum atomic E-state index is 12.2. The van der Waals surface area contributed by atoms with Crippen LogP contribution in [0.4, 0.5) is 0 Å². The van der Waals surface area contributed by atoms with Gasteiger partial charge in [-0.05, 0) is 33.1 Å². The van der Waals surface area contributed by atoms with E-state index in [9.17, 15) is 9.59 Å². The largest absolute Gasteiger partial charge is 0.284 e. The maximum absolute atomic E-state index is 12.2. The Morgan fingerprint density at radius 2 is 2.06 bits per heavy atom. The van der Waals surface area contributed by atoms with E-state index in [4.69, 9.17) is 4.84 Å². The number of piperidine rings is 1. The number of rotatable bonds is 0. The van der Waals surface area contributed by atoms with Crippen molar-refractivity contribution in [1.82, 2.24) is 9.96 Å². The van der Waals surface area contributed by atoms with Crippen LogP contribution in [0.5, 0.6) is 0 Å². The second kappa shape index (κ2) is 3.29. The molecule has 17 heavy (non-hydrogen) atoms. The third kappa shape index (κ3) is 1.21. The topological polar surface area (TPSA) is 49.9 Å². The summed E-state index contributed by atoms with van der Waals surface area (Å²) in [4.78, 5) is 31.1. The van der Waals surface area contributed by atoms with Crippen LogP contribution in [0, 0.1) is 5.92 Å². The fraction of sp³-hybridized carbons (Fsp3) is 0.833. The monoisotopic (exact) mass is 238 g/mol. The van der Waals surface area contributed by atoms with Crippen LogP contribution < -0.4 is 0 Å². The first-order valence-electron chi connectivity index (χ1n) is 6.24. The summed E-state index contributed by atoms with van der Waals surface area (Å²) in [7, 11) is 1.55. The van der Waals surface area contributed by atoms with Crippen molar-refractivity contribution in [2.75, 3.05) is 7.05 Å². The molecule has 3 rings (SSSR count). The summed E-state index contributed by atoms with van der Waals surface area (Å²) < 4.78 is 0. The average molecular weight is 238 g/mol. The van der Waals surface area contributed by atoms with Gasteiger partial charge in [0.1, 0.15) is 0 Å². The van der Waals surface area contributed by atoms with Crippen molar-refractivity contribution in [2.45, 2.75) is 50.8 Å². The first-order valence-corrected chi connectivity index (χ1v) is 6.24. The SMILES string of the molecule is C[C@@H]1CCC[C@@]2(C)C3C(=O)N(C)C(=O)C3ON12. The summed E-state index contributed by atoms with van der Waals surface area (Å²) in [5.41, 5.74) is -0.306. The van der Waals surface area contributed by atoms with Gasteiger partial charge >= 0.3 is 0 Å². The van der Waals surface area contributed by atoms with Crippen LogP contribution >= 0.6 is 0 Å². The molecule has 0 aromatic heterocycles. The Kier molecular flexibility index (Phi) is 2.16. The Morgan fingerprint density at radius 3 is 2.76 bits per heavy atom. The predicted octanol–water partition coefficient (Wildman–Crippen LogP) is 0.548. The summed E-state index contributed by atoms with van der Waals surface area (Å²) in [5.74, 6) is -0.593. The van der Waals surface area contributed by atoms with Gasteiger partial charge in [-0.15, -0.1) is 0 Å². The molecule has 2 amide bonds. The Hall–Kier alpha value is -0.940. The molecule has 0 spiro atoms. The lowest BCUT2D eigenvalue weighted by molar-refractivity contribution is -0.223. The van der Waals surface area contributed by atoms with Crippen molar-refractivity contribution in [1.29, 1.82) is 0 Å². The van der Waals surface area contributed by atoms with E-state index in [1.54, 1.807) is 7.05 Å². The minimum absolute atomic E-state index is 0.0842. The van der Waals surface area contributed by atoms with E-state index >= 15 is 0 Å². The molecule has 3 fully saturated rings. The third-order valence-corrected chi connectivity index (χ3v) is 4.58. The van der Waals surface area contributed by atoms with E-state index in [0.717, 1.165) is 19.3 Å². The maximum Gasteiger partial charge on any atom is 0.261 e. The van der Waals surface area contributed by atoms with Crippen molar-refractivity contribution in [3.63, 3.8) is 0 Å². The molecule has 0 aromatic rings. The van der Waals surface area contributed by atoms with Crippen LogP contribution in [0.3, 0.4) is 0 Å². The number of hydroxylamine groups is 2. The lowest BCUT2D eigenvalue weighted by Gasteiger charge is -2.43. The molecule has 5 heteroatoms. The second-order valence-electron chi connectivity index (χ2n) is 5.66. The Balaban J connectivity index is 2.01. The van der Waals surface area contributed by atoms with Crippen molar-refractivity contribution in [3.05, 3.63) is 0 Å². The molecule has 3 aliphatic rings. The van der Waals surface area contributed by atoms with Crippen molar-refractivity contribution in [3.8, 4) is 0 Å². The van der Waals surface area contributed by atoms with Crippen LogP contribution in [0.15, 0.2) is 0 Å². The number of fused-ring (bicyclic) bond motifs is 3. The zero-order chi connectivity index (χ0) is 12.4. The number of carbonyl (C=O) groups excluding carboxylic acids is 2. The van der Waals surface area contributed by atoms with Crippen molar-refractivity contribution >= 4 is 11.8 Å². The normalized spacial score (nSPS) is 46.3. The van der Waals surface area contributed by atoms with Gasteiger partial charge in [0, 0.05) is 13.1 Å². The minimum Gasteiger partial charge on any atom is -0.284 e. The molecule has 94 valence electrons. The number of likely N-dealkylation sites (N-methyl/N-ethyl adjacent to an activating group) is 1. The number of carbonyl (C=O) groups is 2. The third-order valence-electron chi connectivity index (χ3n) is 4.58. The first kappa shape index (κ1) is 11.2. The molecular weight excluding hydrogens is 220 g/mol. The van der Waals surface area contributed by atoms with Gasteiger partial charge in [0.25, 0.3) is 5.91 Å². The van der Waals surface area contributed by atoms with E-state index in [1.165, 1.54) is 4.90 Å². The zero-order valence-corrected chi connectivity index (χ0v) is 10.5. The highest BCUT2D eigenvalue weighted by molar-refractivity contribution is 6.07. The lowest BCUT2D eigenvalue weighted by Crippen LogP contribution is -2.54. The van der Waals surface area contributed by atoms with E-state index in [0.29, 0.717) is 0 Å². The molecular formula is C12H18N2O3. The molecule has 3 heterocycles. The molecule has 0 saturated carbocycles. The number of hydrogen-bond acceptors (Lipinski definition) is 4. The first-order chi connectivity index (χ1) is 7.97. The van der Waals surface area contributed by atoms with Crippen LogP contribution in [0.1, 0.15) is 33.1 Å². The average Bonchev–Trinajstić information content (AvgIpc) is 2.70. The molecule has 0 aliphatic carbocycles. The molecule has 4 atom stereocenters. The van der Waals surface area contributed by atoms with Crippen LogP contribution in [0.25, 0.3) is 0 Å². The molecule has 2 unspecified atom stereocenters. The highest BCUT2D eigenvalue weighted by atomic mass is 16.7. The van der Waals surface area contributed by atoms with Gasteiger partial charge in [-0.25, -0.2) is 0 Å². The summed E-state index contributed by atoms with van der Waals surface area (Å²) >= 11 is 0. The van der Waals surface area contributed by atoms with Gasteiger partial charge < -0.3 is 0 Å². The number of imide groups is 1. The van der Waals surface area contributed by atoms with Crippen molar-refractivity contribution in [2.24, 2.45) is 5.92 Å². The van der Waals surface area contributed by atoms with Gasteiger partial charge in [-0.3, -0.25) is 19.3 Å². The smallest absolute Gasteiger partial charge is 0.261 e. The van der Waals surface area contributed by atoms with Crippen LogP contribution in [0.2, 0.25) is 0 Å². The molecule has 0 aromatic carbocycles. The van der Waals surface area contributed by atoms with Gasteiger partial charge in [-0.2, -0.15) is 5.06 Å². The predicted molar refractivity (Wildman–Crippen MR) is 59.7 cm³/mol. The summed E-state index contributed by atoms with van der Waals surface area (Å²) in [6, 6.07) is 0.283. The highest BCUT2D eigenvalue weighted by Gasteiger charge is 2.65. The van der Waals surface area contributed by atoms with Gasteiger partial charge in [0.05, 0.1) is 11.5 Å². The quantitative estimate of drug-likeness (QED) is 0.578. The van der Waals surface area contributed by atoms with E-state index in [2.05, 4.69) is 13.8 Å². The Bertz CT molecular complexity index is 397. The van der Waals surface area contributed by atoms with E-state index in [-0.39, 0.29) is 29.3 Å². The summed E-state index contributed by atoms with van der Waals surface area (Å²) in [6.07, 6.45) is 2.49. The summed E-state index contributed by atoms with van der Waals surface area (Å²) in [6.45, 7) is 4.15. The fourth-order valence-electron chi connectivity index (χ4n) is 3.60.